The number of likely N-dealkylation sites (tertiary alicyclic amines) is 1. The Balaban J connectivity index is 1.23. The van der Waals surface area contributed by atoms with E-state index in [1.807, 2.05) is 6.07 Å². The van der Waals surface area contributed by atoms with E-state index in [0.717, 1.165) is 51.0 Å². The van der Waals surface area contributed by atoms with Crippen LogP contribution in [0.3, 0.4) is 0 Å². The third kappa shape index (κ3) is 6.11. The lowest BCUT2D eigenvalue weighted by molar-refractivity contribution is -0.142. The minimum Gasteiger partial charge on any atom is -0.378 e. The first kappa shape index (κ1) is 25.4. The first-order chi connectivity index (χ1) is 16.9. The molecule has 2 fully saturated rings. The van der Waals surface area contributed by atoms with Gasteiger partial charge >= 0.3 is 0 Å². The molecule has 1 atom stereocenters. The van der Waals surface area contributed by atoms with Crippen LogP contribution in [0.2, 0.25) is 5.15 Å². The minimum atomic E-state index is -1.32. The highest BCUT2D eigenvalue weighted by molar-refractivity contribution is 6.32. The second kappa shape index (κ2) is 11.4. The summed E-state index contributed by atoms with van der Waals surface area (Å²) in [5, 5.41) is 13.2. The van der Waals surface area contributed by atoms with Crippen LogP contribution in [-0.4, -0.2) is 60.0 Å². The monoisotopic (exact) mass is 502 g/mol. The molecule has 3 heterocycles. The highest BCUT2D eigenvalue weighted by atomic mass is 35.5. The Labute approximate surface area is 210 Å². The van der Waals surface area contributed by atoms with Gasteiger partial charge in [0, 0.05) is 33.2 Å². The number of aliphatic hydroxyl groups is 1. The van der Waals surface area contributed by atoms with Crippen molar-refractivity contribution in [2.75, 3.05) is 38.1 Å². The number of hydrogen-bond donors (Lipinski definition) is 2. The van der Waals surface area contributed by atoms with Crippen molar-refractivity contribution in [3.8, 4) is 0 Å². The number of nitrogens with zero attached hydrogens (tertiary/aromatic N) is 3. The number of aromatic nitrogens is 1. The molecule has 188 valence electrons. The molecule has 0 saturated carbocycles. The third-order valence-electron chi connectivity index (χ3n) is 7.24. The molecule has 2 aliphatic heterocycles. The molecule has 7 nitrogen and oxygen atoms in total. The van der Waals surface area contributed by atoms with E-state index in [0.29, 0.717) is 36.1 Å². The van der Waals surface area contributed by atoms with Gasteiger partial charge in [0.25, 0.3) is 11.8 Å². The predicted octanol–water partition coefficient (Wildman–Crippen LogP) is 3.81. The number of benzene rings is 1. The molecule has 0 bridgehead atoms. The number of rotatable bonds is 6. The number of anilines is 1. The Bertz CT molecular complexity index is 1050. The summed E-state index contributed by atoms with van der Waals surface area (Å²) in [7, 11) is 1.56. The maximum absolute atomic E-state index is 13.4. The van der Waals surface area contributed by atoms with Crippen LogP contribution >= 0.6 is 11.6 Å². The van der Waals surface area contributed by atoms with Crippen molar-refractivity contribution < 1.29 is 19.1 Å². The van der Waals surface area contributed by atoms with E-state index in [4.69, 9.17) is 11.6 Å². The maximum Gasteiger partial charge on any atom is 0.256 e. The van der Waals surface area contributed by atoms with E-state index < -0.39 is 11.9 Å². The number of hydrogen-bond acceptors (Lipinski definition) is 5. The average Bonchev–Trinajstić information content (AvgIpc) is 2.88. The molecular weight excluding hydrogens is 471 g/mol. The van der Waals surface area contributed by atoms with Crippen LogP contribution in [0.25, 0.3) is 0 Å². The number of carbonyl (C=O) groups is 2. The molecular formula is C26H32ClFN4O3. The maximum atomic E-state index is 13.4. The standard InChI is InChI=1S/C26H32ClFN4O3/c1-29-25(34)21-5-6-22(30-24(21)27)31-11-7-17(8-12-31)15-18-9-13-32(14-10-18)26(35)23(33)19-3-2-4-20(28)16-19/h2-6,16-18,23,33H,7-15H2,1H3,(H,29,34). The van der Waals surface area contributed by atoms with Gasteiger partial charge < -0.3 is 20.2 Å². The number of aliphatic hydroxyl groups excluding tert-OH is 1. The summed E-state index contributed by atoms with van der Waals surface area (Å²) >= 11 is 6.22. The molecule has 2 aliphatic rings. The van der Waals surface area contributed by atoms with E-state index in [1.54, 1.807) is 24.1 Å². The Morgan fingerprint density at radius 1 is 1.11 bits per heavy atom. The molecule has 9 heteroatoms. The fraction of sp³-hybridized carbons (Fsp3) is 0.500. The Kier molecular flexibility index (Phi) is 8.23. The largest absolute Gasteiger partial charge is 0.378 e. The fourth-order valence-electron chi connectivity index (χ4n) is 5.16. The van der Waals surface area contributed by atoms with E-state index in [9.17, 15) is 19.1 Å². The zero-order valence-electron chi connectivity index (χ0n) is 19.9. The van der Waals surface area contributed by atoms with Crippen molar-refractivity contribution in [2.45, 2.75) is 38.2 Å². The lowest BCUT2D eigenvalue weighted by atomic mass is 9.82. The first-order valence-electron chi connectivity index (χ1n) is 12.2. The van der Waals surface area contributed by atoms with Crippen LogP contribution in [0.5, 0.6) is 0 Å². The highest BCUT2D eigenvalue weighted by Crippen LogP contribution is 2.32. The second-order valence-corrected chi connectivity index (χ2v) is 9.84. The van der Waals surface area contributed by atoms with Gasteiger partial charge in [-0.25, -0.2) is 9.37 Å². The molecule has 1 aromatic heterocycles. The van der Waals surface area contributed by atoms with Crippen molar-refractivity contribution in [1.29, 1.82) is 0 Å². The Morgan fingerprint density at radius 3 is 2.37 bits per heavy atom. The zero-order chi connectivity index (χ0) is 24.9. The number of piperidine rings is 2. The molecule has 0 radical (unpaired) electrons. The van der Waals surface area contributed by atoms with Crippen molar-refractivity contribution in [1.82, 2.24) is 15.2 Å². The van der Waals surface area contributed by atoms with E-state index in [2.05, 4.69) is 15.2 Å². The normalized spacial score (nSPS) is 18.4. The van der Waals surface area contributed by atoms with E-state index >= 15 is 0 Å². The van der Waals surface area contributed by atoms with Crippen LogP contribution in [0, 0.1) is 17.7 Å². The summed E-state index contributed by atoms with van der Waals surface area (Å²) in [5.41, 5.74) is 0.670. The SMILES string of the molecule is CNC(=O)c1ccc(N2CCC(CC3CCN(C(=O)C(O)c4cccc(F)c4)CC3)CC2)nc1Cl. The molecule has 0 aliphatic carbocycles. The van der Waals surface area contributed by atoms with Crippen LogP contribution in [0.4, 0.5) is 10.2 Å². The molecule has 2 N–H and O–H groups in total. The Morgan fingerprint density at radius 2 is 1.77 bits per heavy atom. The summed E-state index contributed by atoms with van der Waals surface area (Å²) < 4.78 is 13.4. The summed E-state index contributed by atoms with van der Waals surface area (Å²) in [6.45, 7) is 3.03. The average molecular weight is 503 g/mol. The first-order valence-corrected chi connectivity index (χ1v) is 12.6. The topological polar surface area (TPSA) is 85.8 Å². The lowest BCUT2D eigenvalue weighted by Crippen LogP contribution is -2.42. The molecule has 0 spiro atoms. The Hall–Kier alpha value is -2.71. The zero-order valence-corrected chi connectivity index (χ0v) is 20.7. The summed E-state index contributed by atoms with van der Waals surface area (Å²) in [5.74, 6) is 0.918. The minimum absolute atomic E-state index is 0.216. The van der Waals surface area contributed by atoms with Gasteiger partial charge in [0.2, 0.25) is 0 Å². The van der Waals surface area contributed by atoms with Gasteiger partial charge in [0.15, 0.2) is 6.10 Å². The van der Waals surface area contributed by atoms with Crippen molar-refractivity contribution in [3.05, 3.63) is 58.5 Å². The summed E-state index contributed by atoms with van der Waals surface area (Å²) in [6.07, 6.45) is 3.77. The van der Waals surface area contributed by atoms with Gasteiger partial charge in [0.05, 0.1) is 5.56 Å². The second-order valence-electron chi connectivity index (χ2n) is 9.48. The van der Waals surface area contributed by atoms with Crippen molar-refractivity contribution in [3.63, 3.8) is 0 Å². The number of carbonyl (C=O) groups excluding carboxylic acids is 2. The number of nitrogens with one attached hydrogen (secondary N) is 1. The van der Waals surface area contributed by atoms with E-state index in [-0.39, 0.29) is 17.0 Å². The smallest absolute Gasteiger partial charge is 0.256 e. The highest BCUT2D eigenvalue weighted by Gasteiger charge is 2.30. The van der Waals surface area contributed by atoms with Gasteiger partial charge in [-0.15, -0.1) is 0 Å². The molecule has 2 aromatic rings. The van der Waals surface area contributed by atoms with Gasteiger partial charge in [-0.1, -0.05) is 23.7 Å². The van der Waals surface area contributed by atoms with Crippen LogP contribution < -0.4 is 10.2 Å². The number of amides is 2. The molecule has 1 unspecified atom stereocenters. The van der Waals surface area contributed by atoms with Crippen molar-refractivity contribution >= 4 is 29.2 Å². The third-order valence-corrected chi connectivity index (χ3v) is 7.52. The van der Waals surface area contributed by atoms with Gasteiger partial charge in [0.1, 0.15) is 16.8 Å². The number of halogens is 2. The van der Waals surface area contributed by atoms with Gasteiger partial charge in [-0.3, -0.25) is 9.59 Å². The van der Waals surface area contributed by atoms with Gasteiger partial charge in [-0.2, -0.15) is 0 Å². The summed E-state index contributed by atoms with van der Waals surface area (Å²) in [4.78, 5) is 32.9. The van der Waals surface area contributed by atoms with Crippen LogP contribution in [0.1, 0.15) is 54.1 Å². The van der Waals surface area contributed by atoms with Crippen LogP contribution in [0.15, 0.2) is 36.4 Å². The predicted molar refractivity (Wildman–Crippen MR) is 133 cm³/mol. The van der Waals surface area contributed by atoms with Gasteiger partial charge in [-0.05, 0) is 73.8 Å². The molecule has 4 rings (SSSR count). The fourth-order valence-corrected chi connectivity index (χ4v) is 5.39. The molecule has 35 heavy (non-hydrogen) atoms. The molecule has 2 saturated heterocycles. The van der Waals surface area contributed by atoms with E-state index in [1.165, 1.54) is 18.2 Å². The summed E-state index contributed by atoms with van der Waals surface area (Å²) in [6, 6.07) is 9.15. The lowest BCUT2D eigenvalue weighted by Gasteiger charge is -2.37. The quantitative estimate of drug-likeness (QED) is 0.587. The van der Waals surface area contributed by atoms with Crippen LogP contribution in [-0.2, 0) is 4.79 Å². The van der Waals surface area contributed by atoms with Crippen molar-refractivity contribution in [2.24, 2.45) is 11.8 Å². The molecule has 1 aromatic carbocycles. The number of pyridine rings is 1. The molecule has 2 amide bonds.